The molecular formula is C9H10BrClN2. The zero-order valence-electron chi connectivity index (χ0n) is 6.98. The minimum atomic E-state index is 0.619. The molecule has 0 saturated carbocycles. The highest BCUT2D eigenvalue weighted by atomic mass is 79.9. The van der Waals surface area contributed by atoms with E-state index in [0.29, 0.717) is 17.3 Å². The molecule has 0 aliphatic carbocycles. The second-order valence-corrected chi connectivity index (χ2v) is 4.14. The quantitative estimate of drug-likeness (QED) is 0.820. The van der Waals surface area contributed by atoms with Crippen molar-refractivity contribution in [3.05, 3.63) is 34.3 Å². The second-order valence-electron chi connectivity index (χ2n) is 2.61. The number of nitrogens with two attached hydrogens (primary N) is 1. The summed E-state index contributed by atoms with van der Waals surface area (Å²) in [5, 5.41) is 3.72. The maximum Gasteiger partial charge on any atom is 0.0658 e. The van der Waals surface area contributed by atoms with Crippen LogP contribution in [0.15, 0.2) is 29.3 Å². The molecule has 70 valence electrons. The third kappa shape index (κ3) is 3.28. The van der Waals surface area contributed by atoms with Crippen LogP contribution in [0.25, 0.3) is 0 Å². The van der Waals surface area contributed by atoms with Gasteiger partial charge in [-0.25, -0.2) is 0 Å². The van der Waals surface area contributed by atoms with Crippen LogP contribution >= 0.6 is 27.5 Å². The molecule has 1 aromatic carbocycles. The minimum Gasteiger partial charge on any atom is -0.399 e. The van der Waals surface area contributed by atoms with Gasteiger partial charge in [-0.2, -0.15) is 0 Å². The Labute approximate surface area is 90.9 Å². The Morgan fingerprint density at radius 2 is 2.31 bits per heavy atom. The fraction of sp³-hybridized carbons (Fsp3) is 0.111. The molecule has 2 nitrogen and oxygen atoms in total. The Bertz CT molecular complexity index is 325. The van der Waals surface area contributed by atoms with E-state index in [1.165, 1.54) is 0 Å². The number of hydrogen-bond donors (Lipinski definition) is 2. The van der Waals surface area contributed by atoms with Gasteiger partial charge in [-0.3, -0.25) is 0 Å². The molecule has 0 unspecified atom stereocenters. The lowest BCUT2D eigenvalue weighted by molar-refractivity contribution is 1.33. The van der Waals surface area contributed by atoms with Crippen LogP contribution in [-0.4, -0.2) is 6.54 Å². The fourth-order valence-corrected chi connectivity index (χ4v) is 1.26. The Morgan fingerprint density at radius 1 is 1.62 bits per heavy atom. The third-order valence-electron chi connectivity index (χ3n) is 1.46. The molecule has 0 atom stereocenters. The summed E-state index contributed by atoms with van der Waals surface area (Å²) >= 11 is 9.17. The third-order valence-corrected chi connectivity index (χ3v) is 2.06. The molecule has 4 heteroatoms. The van der Waals surface area contributed by atoms with Gasteiger partial charge in [0.15, 0.2) is 0 Å². The molecule has 0 fully saturated rings. The average Bonchev–Trinajstić information content (AvgIpc) is 2.02. The largest absolute Gasteiger partial charge is 0.399 e. The molecule has 0 aliphatic rings. The van der Waals surface area contributed by atoms with Crippen LogP contribution in [-0.2, 0) is 0 Å². The van der Waals surface area contributed by atoms with E-state index in [4.69, 9.17) is 17.3 Å². The van der Waals surface area contributed by atoms with Gasteiger partial charge in [-0.1, -0.05) is 34.1 Å². The first-order chi connectivity index (χ1) is 6.09. The highest BCUT2D eigenvalue weighted by molar-refractivity contribution is 9.11. The lowest BCUT2D eigenvalue weighted by Crippen LogP contribution is -2.01. The molecule has 0 radical (unpaired) electrons. The zero-order valence-corrected chi connectivity index (χ0v) is 9.32. The zero-order chi connectivity index (χ0) is 9.84. The van der Waals surface area contributed by atoms with Crippen molar-refractivity contribution < 1.29 is 0 Å². The molecule has 0 aromatic heterocycles. The van der Waals surface area contributed by atoms with Gasteiger partial charge >= 0.3 is 0 Å². The van der Waals surface area contributed by atoms with Crippen molar-refractivity contribution in [2.75, 3.05) is 17.6 Å². The van der Waals surface area contributed by atoms with Gasteiger partial charge < -0.3 is 11.1 Å². The number of nitrogens with one attached hydrogen (secondary N) is 1. The van der Waals surface area contributed by atoms with E-state index < -0.39 is 0 Å². The molecule has 0 amide bonds. The standard InChI is InChI=1S/C9H10BrClN2/c1-6(10)5-13-9-3-2-7(12)4-8(9)11/h2-4,13H,1,5,12H2. The first kappa shape index (κ1) is 10.4. The number of anilines is 2. The van der Waals surface area contributed by atoms with Crippen LogP contribution in [0, 0.1) is 0 Å². The van der Waals surface area contributed by atoms with Crippen LogP contribution in [0.2, 0.25) is 5.02 Å². The van der Waals surface area contributed by atoms with Crippen molar-refractivity contribution in [1.82, 2.24) is 0 Å². The lowest BCUT2D eigenvalue weighted by Gasteiger charge is -2.07. The van der Waals surface area contributed by atoms with Crippen molar-refractivity contribution in [2.45, 2.75) is 0 Å². The first-order valence-corrected chi connectivity index (χ1v) is 4.89. The smallest absolute Gasteiger partial charge is 0.0658 e. The van der Waals surface area contributed by atoms with Crippen LogP contribution in [0.1, 0.15) is 0 Å². The summed E-state index contributed by atoms with van der Waals surface area (Å²) in [5.41, 5.74) is 7.06. The molecule has 1 aromatic rings. The Morgan fingerprint density at radius 3 is 2.85 bits per heavy atom. The minimum absolute atomic E-state index is 0.619. The monoisotopic (exact) mass is 260 g/mol. The van der Waals surface area contributed by atoms with E-state index in [-0.39, 0.29) is 0 Å². The van der Waals surface area contributed by atoms with Crippen molar-refractivity contribution >= 4 is 38.9 Å². The second kappa shape index (κ2) is 4.53. The topological polar surface area (TPSA) is 38.0 Å². The summed E-state index contributed by atoms with van der Waals surface area (Å²) < 4.78 is 0.875. The summed E-state index contributed by atoms with van der Waals surface area (Å²) in [6.45, 7) is 4.35. The number of benzene rings is 1. The summed E-state index contributed by atoms with van der Waals surface area (Å²) in [6, 6.07) is 5.35. The van der Waals surface area contributed by atoms with E-state index in [1.807, 2.05) is 6.07 Å². The lowest BCUT2D eigenvalue weighted by atomic mass is 10.3. The van der Waals surface area contributed by atoms with Crippen molar-refractivity contribution in [3.8, 4) is 0 Å². The van der Waals surface area contributed by atoms with Gasteiger partial charge in [0.25, 0.3) is 0 Å². The van der Waals surface area contributed by atoms with Gasteiger partial charge in [0.05, 0.1) is 10.7 Å². The van der Waals surface area contributed by atoms with Gasteiger partial charge in [-0.05, 0) is 18.2 Å². The first-order valence-electron chi connectivity index (χ1n) is 3.72. The number of rotatable bonds is 3. The summed E-state index contributed by atoms with van der Waals surface area (Å²) in [6.07, 6.45) is 0. The maximum absolute atomic E-state index is 5.93. The van der Waals surface area contributed by atoms with Crippen LogP contribution in [0.4, 0.5) is 11.4 Å². The Balaban J connectivity index is 2.72. The number of halogens is 2. The highest BCUT2D eigenvalue weighted by Crippen LogP contribution is 2.24. The van der Waals surface area contributed by atoms with Gasteiger partial charge in [-0.15, -0.1) is 0 Å². The summed E-state index contributed by atoms with van der Waals surface area (Å²) in [5.74, 6) is 0. The molecule has 1 rings (SSSR count). The maximum atomic E-state index is 5.93. The van der Waals surface area contributed by atoms with Gasteiger partial charge in [0.2, 0.25) is 0 Å². The fourth-order valence-electron chi connectivity index (χ4n) is 0.866. The van der Waals surface area contributed by atoms with E-state index in [9.17, 15) is 0 Å². The van der Waals surface area contributed by atoms with E-state index in [1.54, 1.807) is 12.1 Å². The van der Waals surface area contributed by atoms with E-state index in [0.717, 1.165) is 10.2 Å². The number of hydrogen-bond acceptors (Lipinski definition) is 2. The summed E-state index contributed by atoms with van der Waals surface area (Å²) in [7, 11) is 0. The summed E-state index contributed by atoms with van der Waals surface area (Å²) in [4.78, 5) is 0. The van der Waals surface area contributed by atoms with E-state index >= 15 is 0 Å². The Kier molecular flexibility index (Phi) is 3.63. The molecule has 3 N–H and O–H groups in total. The average molecular weight is 262 g/mol. The molecule has 0 bridgehead atoms. The van der Waals surface area contributed by atoms with Gasteiger partial charge in [0.1, 0.15) is 0 Å². The predicted molar refractivity (Wildman–Crippen MR) is 62.4 cm³/mol. The van der Waals surface area contributed by atoms with Crippen molar-refractivity contribution in [1.29, 1.82) is 0 Å². The van der Waals surface area contributed by atoms with Crippen LogP contribution < -0.4 is 11.1 Å². The van der Waals surface area contributed by atoms with E-state index in [2.05, 4.69) is 27.8 Å². The van der Waals surface area contributed by atoms with Crippen LogP contribution in [0.5, 0.6) is 0 Å². The SMILES string of the molecule is C=C(Br)CNc1ccc(N)cc1Cl. The van der Waals surface area contributed by atoms with Crippen LogP contribution in [0.3, 0.4) is 0 Å². The molecule has 0 saturated heterocycles. The molecular weight excluding hydrogens is 251 g/mol. The Hall–Kier alpha value is -0.670. The van der Waals surface area contributed by atoms with Crippen molar-refractivity contribution in [2.24, 2.45) is 0 Å². The van der Waals surface area contributed by atoms with Gasteiger partial charge in [0, 0.05) is 16.7 Å². The molecule has 0 aliphatic heterocycles. The van der Waals surface area contributed by atoms with Crippen molar-refractivity contribution in [3.63, 3.8) is 0 Å². The number of nitrogen functional groups attached to an aromatic ring is 1. The molecule has 0 heterocycles. The molecule has 0 spiro atoms. The highest BCUT2D eigenvalue weighted by Gasteiger charge is 1.99. The predicted octanol–water partition coefficient (Wildman–Crippen LogP) is 3.24. The molecule has 13 heavy (non-hydrogen) atoms. The normalized spacial score (nSPS) is 9.69.